The van der Waals surface area contributed by atoms with Gasteiger partial charge < -0.3 is 5.43 Å². The number of benzene rings is 1. The fourth-order valence-electron chi connectivity index (χ4n) is 2.51. The maximum atomic E-state index is 12.8. The zero-order chi connectivity index (χ0) is 15.7. The molecule has 1 aliphatic heterocycles. The third-order valence-electron chi connectivity index (χ3n) is 3.68. The second-order valence-electron chi connectivity index (χ2n) is 4.99. The van der Waals surface area contributed by atoms with Gasteiger partial charge in [0.25, 0.3) is 0 Å². The molecule has 0 bridgehead atoms. The summed E-state index contributed by atoms with van der Waals surface area (Å²) < 4.78 is 27.0. The van der Waals surface area contributed by atoms with Gasteiger partial charge in [-0.15, -0.1) is 0 Å². The molecule has 22 heavy (non-hydrogen) atoms. The molecule has 6 nitrogen and oxygen atoms in total. The minimum atomic E-state index is -3.69. The number of hydrogen-bond acceptors (Lipinski definition) is 5. The average Bonchev–Trinajstić information content (AvgIpc) is 2.54. The van der Waals surface area contributed by atoms with E-state index in [1.165, 1.54) is 22.0 Å². The summed E-state index contributed by atoms with van der Waals surface area (Å²) in [6, 6.07) is 10.7. The standard InChI is InChI=1S/C14H15ClN4O2S/c15-14-12(5-6-13(17-14)18-16)22(20,21)19-8-7-10-3-1-2-4-11(10)9-19/h1-6H,7-9,16H2,(H,17,18). The molecule has 0 spiro atoms. The summed E-state index contributed by atoms with van der Waals surface area (Å²) in [5, 5.41) is -0.0886. The summed E-state index contributed by atoms with van der Waals surface area (Å²) in [5.74, 6) is 5.56. The van der Waals surface area contributed by atoms with Crippen LogP contribution >= 0.6 is 11.6 Å². The highest BCUT2D eigenvalue weighted by atomic mass is 35.5. The molecular formula is C14H15ClN4O2S. The number of nitrogens with two attached hydrogens (primary N) is 1. The molecule has 0 unspecified atom stereocenters. The number of fused-ring (bicyclic) bond motifs is 1. The van der Waals surface area contributed by atoms with Crippen molar-refractivity contribution in [2.45, 2.75) is 17.9 Å². The van der Waals surface area contributed by atoms with Crippen LogP contribution in [0.4, 0.5) is 5.82 Å². The third kappa shape index (κ3) is 2.68. The Bertz CT molecular complexity index is 810. The lowest BCUT2D eigenvalue weighted by molar-refractivity contribution is 0.391. The maximum absolute atomic E-state index is 12.8. The van der Waals surface area contributed by atoms with Crippen molar-refractivity contribution in [1.29, 1.82) is 0 Å². The first-order chi connectivity index (χ1) is 10.5. The first-order valence-corrected chi connectivity index (χ1v) is 8.54. The van der Waals surface area contributed by atoms with Gasteiger partial charge in [-0.05, 0) is 29.7 Å². The predicted molar refractivity (Wildman–Crippen MR) is 84.8 cm³/mol. The number of nitrogens with zero attached hydrogens (tertiary/aromatic N) is 2. The number of pyridine rings is 1. The fraction of sp³-hybridized carbons (Fsp3) is 0.214. The van der Waals surface area contributed by atoms with E-state index < -0.39 is 10.0 Å². The SMILES string of the molecule is NNc1ccc(S(=O)(=O)N2CCc3ccccc3C2)c(Cl)n1. The number of halogens is 1. The molecule has 3 rings (SSSR count). The van der Waals surface area contributed by atoms with Gasteiger partial charge in [-0.2, -0.15) is 4.31 Å². The summed E-state index contributed by atoms with van der Waals surface area (Å²) in [5.41, 5.74) is 4.53. The molecule has 0 fully saturated rings. The van der Waals surface area contributed by atoms with E-state index in [9.17, 15) is 8.42 Å². The van der Waals surface area contributed by atoms with Gasteiger partial charge in [-0.1, -0.05) is 35.9 Å². The molecule has 116 valence electrons. The first-order valence-electron chi connectivity index (χ1n) is 6.72. The Morgan fingerprint density at radius 3 is 2.59 bits per heavy atom. The van der Waals surface area contributed by atoms with Crippen molar-refractivity contribution >= 4 is 27.4 Å². The van der Waals surface area contributed by atoms with E-state index in [0.29, 0.717) is 25.3 Å². The number of hydrogen-bond donors (Lipinski definition) is 2. The minimum Gasteiger partial charge on any atom is -0.308 e. The third-order valence-corrected chi connectivity index (χ3v) is 5.95. The van der Waals surface area contributed by atoms with E-state index in [4.69, 9.17) is 17.4 Å². The molecule has 0 radical (unpaired) electrons. The van der Waals surface area contributed by atoms with Gasteiger partial charge in [0.15, 0.2) is 5.15 Å². The molecular weight excluding hydrogens is 324 g/mol. The van der Waals surface area contributed by atoms with Crippen LogP contribution in [0.2, 0.25) is 5.15 Å². The smallest absolute Gasteiger partial charge is 0.246 e. The van der Waals surface area contributed by atoms with Gasteiger partial charge in [0, 0.05) is 13.1 Å². The topological polar surface area (TPSA) is 88.3 Å². The monoisotopic (exact) mass is 338 g/mol. The molecule has 8 heteroatoms. The highest BCUT2D eigenvalue weighted by Crippen LogP contribution is 2.28. The molecule has 0 saturated carbocycles. The van der Waals surface area contributed by atoms with Crippen molar-refractivity contribution in [2.24, 2.45) is 5.84 Å². The van der Waals surface area contributed by atoms with Crippen LogP contribution in [0.5, 0.6) is 0 Å². The van der Waals surface area contributed by atoms with Crippen LogP contribution in [0.1, 0.15) is 11.1 Å². The lowest BCUT2D eigenvalue weighted by Gasteiger charge is -2.28. The number of sulfonamides is 1. The largest absolute Gasteiger partial charge is 0.308 e. The quantitative estimate of drug-likeness (QED) is 0.506. The summed E-state index contributed by atoms with van der Waals surface area (Å²) in [4.78, 5) is 3.91. The molecule has 1 aromatic heterocycles. The Hall–Kier alpha value is -1.67. The second-order valence-corrected chi connectivity index (χ2v) is 7.25. The van der Waals surface area contributed by atoms with Crippen LogP contribution < -0.4 is 11.3 Å². The zero-order valence-corrected chi connectivity index (χ0v) is 13.2. The van der Waals surface area contributed by atoms with Crippen molar-refractivity contribution in [3.63, 3.8) is 0 Å². The van der Waals surface area contributed by atoms with E-state index in [1.807, 2.05) is 24.3 Å². The number of anilines is 1. The van der Waals surface area contributed by atoms with Crippen LogP contribution in [-0.4, -0.2) is 24.3 Å². The van der Waals surface area contributed by atoms with Gasteiger partial charge >= 0.3 is 0 Å². The molecule has 0 saturated heterocycles. The second kappa shape index (κ2) is 5.85. The molecule has 1 aliphatic rings. The van der Waals surface area contributed by atoms with E-state index in [0.717, 1.165) is 5.56 Å². The Morgan fingerprint density at radius 1 is 1.18 bits per heavy atom. The lowest BCUT2D eigenvalue weighted by atomic mass is 10.0. The molecule has 1 aromatic carbocycles. The van der Waals surface area contributed by atoms with Crippen molar-refractivity contribution < 1.29 is 8.42 Å². The van der Waals surface area contributed by atoms with Crippen molar-refractivity contribution in [3.05, 3.63) is 52.7 Å². The van der Waals surface area contributed by atoms with Crippen LogP contribution in [0, 0.1) is 0 Å². The first kappa shape index (κ1) is 15.2. The van der Waals surface area contributed by atoms with E-state index in [-0.39, 0.29) is 10.0 Å². The van der Waals surface area contributed by atoms with Crippen molar-refractivity contribution in [2.75, 3.05) is 12.0 Å². The molecule has 2 aromatic rings. The number of rotatable bonds is 3. The average molecular weight is 339 g/mol. The predicted octanol–water partition coefficient (Wildman–Crippen LogP) is 1.77. The molecule has 3 N–H and O–H groups in total. The Morgan fingerprint density at radius 2 is 1.91 bits per heavy atom. The van der Waals surface area contributed by atoms with Crippen molar-refractivity contribution in [1.82, 2.24) is 9.29 Å². The molecule has 0 amide bonds. The lowest BCUT2D eigenvalue weighted by Crippen LogP contribution is -2.36. The Balaban J connectivity index is 1.94. The summed E-state index contributed by atoms with van der Waals surface area (Å²) in [6.07, 6.45) is 0.683. The maximum Gasteiger partial charge on any atom is 0.246 e. The summed E-state index contributed by atoms with van der Waals surface area (Å²) in [6.45, 7) is 0.762. The van der Waals surface area contributed by atoms with E-state index >= 15 is 0 Å². The summed E-state index contributed by atoms with van der Waals surface area (Å²) >= 11 is 6.00. The van der Waals surface area contributed by atoms with Gasteiger partial charge in [0.2, 0.25) is 10.0 Å². The molecule has 0 atom stereocenters. The van der Waals surface area contributed by atoms with E-state index in [2.05, 4.69) is 10.4 Å². The van der Waals surface area contributed by atoms with Crippen LogP contribution in [0.3, 0.4) is 0 Å². The van der Waals surface area contributed by atoms with E-state index in [1.54, 1.807) is 0 Å². The number of aromatic nitrogens is 1. The number of nitrogens with one attached hydrogen (secondary N) is 1. The normalized spacial score (nSPS) is 15.4. The van der Waals surface area contributed by atoms with Crippen LogP contribution in [0.15, 0.2) is 41.3 Å². The molecule has 2 heterocycles. The summed E-state index contributed by atoms with van der Waals surface area (Å²) in [7, 11) is -3.69. The van der Waals surface area contributed by atoms with Gasteiger partial charge in [0.1, 0.15) is 10.7 Å². The Labute approximate surface area is 133 Å². The van der Waals surface area contributed by atoms with Crippen LogP contribution in [0.25, 0.3) is 0 Å². The van der Waals surface area contributed by atoms with Crippen molar-refractivity contribution in [3.8, 4) is 0 Å². The number of nitrogen functional groups attached to an aromatic ring is 1. The van der Waals surface area contributed by atoms with Gasteiger partial charge in [0.05, 0.1) is 0 Å². The minimum absolute atomic E-state index is 0.00690. The number of hydrazine groups is 1. The van der Waals surface area contributed by atoms with Gasteiger partial charge in [-0.3, -0.25) is 0 Å². The fourth-order valence-corrected chi connectivity index (χ4v) is 4.37. The zero-order valence-electron chi connectivity index (χ0n) is 11.7. The van der Waals surface area contributed by atoms with Crippen LogP contribution in [-0.2, 0) is 23.0 Å². The highest BCUT2D eigenvalue weighted by molar-refractivity contribution is 7.89. The van der Waals surface area contributed by atoms with Gasteiger partial charge in [-0.25, -0.2) is 19.2 Å². The molecule has 0 aliphatic carbocycles. The Kier molecular flexibility index (Phi) is 4.05. The highest BCUT2D eigenvalue weighted by Gasteiger charge is 2.30.